The maximum atomic E-state index is 4.53. The Morgan fingerprint density at radius 3 is 1.19 bits per heavy atom. The van der Waals surface area contributed by atoms with Crippen LogP contribution >= 0.6 is 0 Å². The van der Waals surface area contributed by atoms with E-state index in [2.05, 4.69) is 96.6 Å². The van der Waals surface area contributed by atoms with E-state index < -0.39 is 0 Å². The molecule has 3 aromatic carbocycles. The van der Waals surface area contributed by atoms with Gasteiger partial charge in [-0.25, -0.2) is 0 Å². The van der Waals surface area contributed by atoms with Crippen molar-refractivity contribution in [2.45, 2.75) is 26.7 Å². The highest BCUT2D eigenvalue weighted by molar-refractivity contribution is 5.86. The minimum atomic E-state index is 0.975. The lowest BCUT2D eigenvalue weighted by atomic mass is 10.1. The molecule has 0 fully saturated rings. The third-order valence-corrected chi connectivity index (χ3v) is 4.35. The van der Waals surface area contributed by atoms with Crippen molar-refractivity contribution >= 4 is 23.8 Å². The summed E-state index contributed by atoms with van der Waals surface area (Å²) < 4.78 is 0. The summed E-state index contributed by atoms with van der Waals surface area (Å²) >= 11 is 0. The van der Waals surface area contributed by atoms with Gasteiger partial charge in [-0.2, -0.15) is 0 Å². The zero-order valence-electron chi connectivity index (χ0n) is 15.4. The van der Waals surface area contributed by atoms with Crippen LogP contribution in [0.1, 0.15) is 36.1 Å². The number of nitrogens with zero attached hydrogens (tertiary/aromatic N) is 2. The second kappa shape index (κ2) is 8.91. The second-order valence-electron chi connectivity index (χ2n) is 6.22. The average molecular weight is 340 g/mol. The third kappa shape index (κ3) is 5.00. The summed E-state index contributed by atoms with van der Waals surface area (Å²) in [5.41, 5.74) is 6.77. The van der Waals surface area contributed by atoms with Crippen LogP contribution in [0.4, 0.5) is 11.4 Å². The third-order valence-electron chi connectivity index (χ3n) is 4.35. The van der Waals surface area contributed by atoms with Crippen molar-refractivity contribution in [2.24, 2.45) is 9.98 Å². The van der Waals surface area contributed by atoms with Gasteiger partial charge < -0.3 is 0 Å². The Bertz CT molecular complexity index is 795. The number of hydrogen-bond acceptors (Lipinski definition) is 2. The first-order chi connectivity index (χ1) is 12.8. The molecule has 0 atom stereocenters. The van der Waals surface area contributed by atoms with E-state index in [9.17, 15) is 0 Å². The molecule has 0 N–H and O–H groups in total. The molecule has 2 nitrogen and oxygen atoms in total. The highest BCUT2D eigenvalue weighted by Gasteiger charge is 1.94. The second-order valence-corrected chi connectivity index (χ2v) is 6.22. The van der Waals surface area contributed by atoms with Gasteiger partial charge >= 0.3 is 0 Å². The summed E-state index contributed by atoms with van der Waals surface area (Å²) in [5, 5.41) is 0. The van der Waals surface area contributed by atoms with E-state index in [1.54, 1.807) is 0 Å². The molecule has 0 radical (unpaired) electrons. The Kier molecular flexibility index (Phi) is 6.10. The largest absolute Gasteiger partial charge is 0.256 e. The Morgan fingerprint density at radius 1 is 0.538 bits per heavy atom. The van der Waals surface area contributed by atoms with E-state index in [-0.39, 0.29) is 0 Å². The van der Waals surface area contributed by atoms with E-state index in [4.69, 9.17) is 0 Å². The van der Waals surface area contributed by atoms with E-state index in [1.807, 2.05) is 12.4 Å². The predicted octanol–water partition coefficient (Wildman–Crippen LogP) is 6.31. The molecule has 0 saturated heterocycles. The number of aliphatic imine (C=N–C) groups is 2. The van der Waals surface area contributed by atoms with Gasteiger partial charge in [0.25, 0.3) is 0 Å². The van der Waals surface area contributed by atoms with Gasteiger partial charge in [-0.3, -0.25) is 9.98 Å². The van der Waals surface area contributed by atoms with Crippen molar-refractivity contribution in [1.29, 1.82) is 0 Å². The number of aryl methyl sites for hydroxylation is 2. The molecule has 0 amide bonds. The maximum absolute atomic E-state index is 4.53. The minimum Gasteiger partial charge on any atom is -0.256 e. The molecular weight excluding hydrogens is 316 g/mol. The summed E-state index contributed by atoms with van der Waals surface area (Å²) in [6.07, 6.45) is 5.89. The van der Waals surface area contributed by atoms with Gasteiger partial charge in [0, 0.05) is 12.4 Å². The first kappa shape index (κ1) is 17.8. The van der Waals surface area contributed by atoms with Crippen LogP contribution in [0.15, 0.2) is 82.8 Å². The summed E-state index contributed by atoms with van der Waals surface area (Å²) in [6, 6.07) is 25.0. The molecule has 0 aliphatic carbocycles. The molecule has 2 heteroatoms. The molecule has 0 spiro atoms. The van der Waals surface area contributed by atoms with E-state index in [0.717, 1.165) is 35.3 Å². The number of rotatable bonds is 6. The number of benzene rings is 3. The molecule has 0 aliphatic heterocycles. The van der Waals surface area contributed by atoms with Crippen LogP contribution in [0.5, 0.6) is 0 Å². The molecule has 130 valence electrons. The van der Waals surface area contributed by atoms with Crippen molar-refractivity contribution in [3.63, 3.8) is 0 Å². The quantitative estimate of drug-likeness (QED) is 0.470. The fourth-order valence-electron chi connectivity index (χ4n) is 2.60. The lowest BCUT2D eigenvalue weighted by Gasteiger charge is -1.99. The van der Waals surface area contributed by atoms with Crippen molar-refractivity contribution in [2.75, 3.05) is 0 Å². The molecule has 0 unspecified atom stereocenters. The molecule has 3 aromatic rings. The van der Waals surface area contributed by atoms with Gasteiger partial charge in [0.2, 0.25) is 0 Å². The van der Waals surface area contributed by atoms with Gasteiger partial charge in [-0.1, -0.05) is 62.4 Å². The van der Waals surface area contributed by atoms with Crippen LogP contribution in [-0.4, -0.2) is 12.4 Å². The molecule has 0 aliphatic rings. The molecule has 0 aromatic heterocycles. The lowest BCUT2D eigenvalue weighted by molar-refractivity contribution is 1.14. The van der Waals surface area contributed by atoms with Gasteiger partial charge in [0.05, 0.1) is 11.4 Å². The van der Waals surface area contributed by atoms with Gasteiger partial charge in [-0.05, 0) is 59.4 Å². The Morgan fingerprint density at radius 2 is 0.885 bits per heavy atom. The minimum absolute atomic E-state index is 0.975. The topological polar surface area (TPSA) is 24.7 Å². The van der Waals surface area contributed by atoms with Crippen molar-refractivity contribution < 1.29 is 0 Å². The summed E-state index contributed by atoms with van der Waals surface area (Å²) in [7, 11) is 0. The molecule has 0 heterocycles. The monoisotopic (exact) mass is 340 g/mol. The summed E-state index contributed by atoms with van der Waals surface area (Å²) in [6.45, 7) is 4.31. The Hall–Kier alpha value is -3.00. The normalized spacial score (nSPS) is 11.5. The first-order valence-electron chi connectivity index (χ1n) is 9.13. The predicted molar refractivity (Wildman–Crippen MR) is 113 cm³/mol. The molecule has 26 heavy (non-hydrogen) atoms. The van der Waals surface area contributed by atoms with Crippen LogP contribution in [0.3, 0.4) is 0 Å². The van der Waals surface area contributed by atoms with Crippen LogP contribution in [0.2, 0.25) is 0 Å². The zero-order valence-corrected chi connectivity index (χ0v) is 15.4. The van der Waals surface area contributed by atoms with Crippen molar-refractivity contribution in [3.8, 4) is 0 Å². The van der Waals surface area contributed by atoms with Crippen LogP contribution < -0.4 is 0 Å². The first-order valence-corrected chi connectivity index (χ1v) is 9.13. The summed E-state index contributed by atoms with van der Waals surface area (Å²) in [4.78, 5) is 9.07. The molecule has 3 rings (SSSR count). The van der Waals surface area contributed by atoms with Crippen LogP contribution in [0, 0.1) is 0 Å². The summed E-state index contributed by atoms with van der Waals surface area (Å²) in [5.74, 6) is 0. The smallest absolute Gasteiger partial charge is 0.0630 e. The van der Waals surface area contributed by atoms with Crippen LogP contribution in [-0.2, 0) is 12.8 Å². The lowest BCUT2D eigenvalue weighted by Crippen LogP contribution is -1.85. The molecule has 0 saturated carbocycles. The molecule has 0 bridgehead atoms. The van der Waals surface area contributed by atoms with Gasteiger partial charge in [-0.15, -0.1) is 0 Å². The van der Waals surface area contributed by atoms with E-state index in [1.165, 1.54) is 11.1 Å². The molecular formula is C24H24N2. The highest BCUT2D eigenvalue weighted by Crippen LogP contribution is 2.15. The SMILES string of the molecule is CCc1ccc(N=Cc2ccc(C=Nc3ccc(CC)cc3)cc2)cc1. The fraction of sp³-hybridized carbons (Fsp3) is 0.167. The van der Waals surface area contributed by atoms with Gasteiger partial charge in [0.1, 0.15) is 0 Å². The van der Waals surface area contributed by atoms with Gasteiger partial charge in [0.15, 0.2) is 0 Å². The van der Waals surface area contributed by atoms with Crippen molar-refractivity contribution in [1.82, 2.24) is 0 Å². The standard InChI is InChI=1S/C24H24N2/c1-3-19-9-13-23(14-10-19)25-17-21-5-7-22(8-6-21)18-26-24-15-11-20(4-2)12-16-24/h5-18H,3-4H2,1-2H3. The van der Waals surface area contributed by atoms with E-state index >= 15 is 0 Å². The number of hydrogen-bond donors (Lipinski definition) is 0. The fourth-order valence-corrected chi connectivity index (χ4v) is 2.60. The Labute approximate surface area is 156 Å². The highest BCUT2D eigenvalue weighted by atomic mass is 14.7. The zero-order chi connectivity index (χ0) is 18.2. The maximum Gasteiger partial charge on any atom is 0.0630 e. The van der Waals surface area contributed by atoms with E-state index in [0.29, 0.717) is 0 Å². The Balaban J connectivity index is 1.63. The van der Waals surface area contributed by atoms with Crippen molar-refractivity contribution in [3.05, 3.63) is 95.1 Å². The average Bonchev–Trinajstić information content (AvgIpc) is 2.72. The van der Waals surface area contributed by atoms with Crippen LogP contribution in [0.25, 0.3) is 0 Å².